The second-order valence-corrected chi connectivity index (χ2v) is 8.03. The lowest BCUT2D eigenvalue weighted by atomic mass is 10.0. The molecule has 0 heterocycles. The standard InChI is InChI=1S/C23H31N3OS/c1-15(2)26(6)12-11-20-13-18(5)21(14-17(20)4)27-23(28)25-22(24)19-9-7-16(3)8-10-19/h7-10,13-15H,11-12H2,1-6H3,(H2,24,25,28)/p+1. The molecule has 0 unspecified atom stereocenters. The van der Waals surface area contributed by atoms with Crippen LogP contribution in [0.2, 0.25) is 0 Å². The largest absolute Gasteiger partial charge is 0.414 e. The van der Waals surface area contributed by atoms with Crippen LogP contribution >= 0.6 is 0 Å². The van der Waals surface area contributed by atoms with E-state index in [-0.39, 0.29) is 11.1 Å². The van der Waals surface area contributed by atoms with Gasteiger partial charge in [0, 0.05) is 18.2 Å². The molecule has 150 valence electrons. The number of aryl methyl sites for hydroxylation is 3. The Labute approximate surface area is 174 Å². The molecule has 0 fully saturated rings. The highest BCUT2D eigenvalue weighted by molar-refractivity contribution is 7.77. The van der Waals surface area contributed by atoms with Crippen LogP contribution in [0, 0.1) is 26.2 Å². The van der Waals surface area contributed by atoms with Crippen molar-refractivity contribution in [2.75, 3.05) is 13.6 Å². The summed E-state index contributed by atoms with van der Waals surface area (Å²) in [4.78, 5) is 6.58. The third kappa shape index (κ3) is 6.21. The number of hydrogen-bond acceptors (Lipinski definition) is 3. The summed E-state index contributed by atoms with van der Waals surface area (Å²) in [5, 5.41) is 8.43. The summed E-state index contributed by atoms with van der Waals surface area (Å²) in [6, 6.07) is 12.5. The van der Waals surface area contributed by atoms with E-state index in [0.717, 1.165) is 35.4 Å². The SMILES string of the molecule is Cc1ccc(C(=N)N=C([SH2+])Oc2cc(C)c(CCN(C)C(C)C)cc2C)cc1. The van der Waals surface area contributed by atoms with Gasteiger partial charge in [-0.2, -0.15) is 0 Å². The number of nitrogens with zero attached hydrogens (tertiary/aromatic N) is 2. The molecule has 0 spiro atoms. The Morgan fingerprint density at radius 3 is 2.36 bits per heavy atom. The predicted molar refractivity (Wildman–Crippen MR) is 124 cm³/mol. The van der Waals surface area contributed by atoms with E-state index in [0.29, 0.717) is 6.04 Å². The average molecular weight is 399 g/mol. The van der Waals surface area contributed by atoms with E-state index in [1.165, 1.54) is 11.1 Å². The topological polar surface area (TPSA) is 48.7 Å². The maximum absolute atomic E-state index is 8.15. The number of benzene rings is 2. The van der Waals surface area contributed by atoms with Crippen LogP contribution in [0.5, 0.6) is 5.75 Å². The third-order valence-corrected chi connectivity index (χ3v) is 5.21. The summed E-state index contributed by atoms with van der Waals surface area (Å²) in [6.45, 7) is 11.6. The van der Waals surface area contributed by atoms with E-state index in [4.69, 9.17) is 10.1 Å². The first-order valence-electron chi connectivity index (χ1n) is 9.61. The van der Waals surface area contributed by atoms with Crippen LogP contribution in [-0.4, -0.2) is 35.6 Å². The fourth-order valence-electron chi connectivity index (χ4n) is 2.79. The van der Waals surface area contributed by atoms with Crippen LogP contribution < -0.4 is 4.74 Å². The summed E-state index contributed by atoms with van der Waals surface area (Å²) >= 11 is 3.41. The van der Waals surface area contributed by atoms with Gasteiger partial charge in [0.1, 0.15) is 5.75 Å². The summed E-state index contributed by atoms with van der Waals surface area (Å²) in [6.07, 6.45) is 1.01. The molecule has 0 saturated heterocycles. The predicted octanol–water partition coefficient (Wildman–Crippen LogP) is 4.27. The molecule has 2 aromatic rings. The maximum atomic E-state index is 8.15. The smallest absolute Gasteiger partial charge is 0.402 e. The van der Waals surface area contributed by atoms with Crippen LogP contribution in [0.3, 0.4) is 0 Å². The van der Waals surface area contributed by atoms with E-state index >= 15 is 0 Å². The minimum atomic E-state index is 0.160. The monoisotopic (exact) mass is 398 g/mol. The normalized spacial score (nSPS) is 12.0. The molecule has 2 aromatic carbocycles. The van der Waals surface area contributed by atoms with Crippen molar-refractivity contribution in [2.45, 2.75) is 47.1 Å². The van der Waals surface area contributed by atoms with Crippen molar-refractivity contribution in [2.24, 2.45) is 4.99 Å². The van der Waals surface area contributed by atoms with Gasteiger partial charge in [0.25, 0.3) is 0 Å². The van der Waals surface area contributed by atoms with Gasteiger partial charge in [0.15, 0.2) is 5.84 Å². The summed E-state index contributed by atoms with van der Waals surface area (Å²) in [5.41, 5.74) is 5.49. The maximum Gasteiger partial charge on any atom is 0.414 e. The number of ether oxygens (including phenoxy) is 1. The van der Waals surface area contributed by atoms with Crippen molar-refractivity contribution < 1.29 is 4.74 Å². The third-order valence-electron chi connectivity index (χ3n) is 4.99. The number of nitrogens with one attached hydrogen (secondary N) is 1. The number of amidine groups is 1. The zero-order chi connectivity index (χ0) is 20.8. The van der Waals surface area contributed by atoms with E-state index in [1.54, 1.807) is 0 Å². The quantitative estimate of drug-likeness (QED) is 0.449. The Hall–Kier alpha value is -2.11. The zero-order valence-corrected chi connectivity index (χ0v) is 18.8. The fraction of sp³-hybridized carbons (Fsp3) is 0.391. The van der Waals surface area contributed by atoms with E-state index < -0.39 is 0 Å². The lowest BCUT2D eigenvalue weighted by Crippen LogP contribution is -2.28. The van der Waals surface area contributed by atoms with Gasteiger partial charge in [0.2, 0.25) is 0 Å². The molecule has 0 aromatic heterocycles. The first kappa shape index (κ1) is 22.2. The molecule has 28 heavy (non-hydrogen) atoms. The van der Waals surface area contributed by atoms with E-state index in [2.05, 4.69) is 56.4 Å². The first-order chi connectivity index (χ1) is 13.2. The molecule has 0 amide bonds. The molecule has 2 rings (SSSR count). The van der Waals surface area contributed by atoms with Crippen LogP contribution in [0.1, 0.15) is 41.7 Å². The Kier molecular flexibility index (Phi) is 7.84. The minimum Gasteiger partial charge on any atom is -0.402 e. The van der Waals surface area contributed by atoms with Crippen molar-refractivity contribution in [1.82, 2.24) is 4.90 Å². The van der Waals surface area contributed by atoms with E-state index in [9.17, 15) is 0 Å². The molecule has 0 atom stereocenters. The summed E-state index contributed by atoms with van der Waals surface area (Å²) < 4.78 is 5.87. The van der Waals surface area contributed by atoms with Gasteiger partial charge in [-0.1, -0.05) is 35.9 Å². The molecule has 0 aliphatic carbocycles. The molecule has 0 aliphatic heterocycles. The highest BCUT2D eigenvalue weighted by Gasteiger charge is 2.12. The lowest BCUT2D eigenvalue weighted by molar-refractivity contribution is 0.277. The Morgan fingerprint density at radius 2 is 1.75 bits per heavy atom. The lowest BCUT2D eigenvalue weighted by Gasteiger charge is -2.21. The van der Waals surface area contributed by atoms with Crippen molar-refractivity contribution in [3.05, 3.63) is 64.2 Å². The van der Waals surface area contributed by atoms with Gasteiger partial charge in [-0.3, -0.25) is 5.41 Å². The molecule has 0 radical (unpaired) electrons. The molecule has 0 bridgehead atoms. The molecular weight excluding hydrogens is 366 g/mol. The van der Waals surface area contributed by atoms with Crippen molar-refractivity contribution in [3.63, 3.8) is 0 Å². The molecule has 4 nitrogen and oxygen atoms in total. The molecular formula is C23H32N3OS+. The number of aliphatic imine (C=N–C) groups is 1. The molecule has 0 aliphatic rings. The molecule has 1 N–H and O–H groups in total. The Balaban J connectivity index is 2.09. The molecule has 5 heteroatoms. The van der Waals surface area contributed by atoms with Crippen molar-refractivity contribution in [1.29, 1.82) is 5.41 Å². The number of likely N-dealkylation sites (N-methyl/N-ethyl adjacent to an activating group) is 1. The van der Waals surface area contributed by atoms with Crippen LogP contribution in [0.15, 0.2) is 41.4 Å². The van der Waals surface area contributed by atoms with Crippen molar-refractivity contribution in [3.8, 4) is 5.75 Å². The Morgan fingerprint density at radius 1 is 1.11 bits per heavy atom. The van der Waals surface area contributed by atoms with Gasteiger partial charge in [-0.25, -0.2) is 0 Å². The van der Waals surface area contributed by atoms with Crippen LogP contribution in [0.4, 0.5) is 0 Å². The van der Waals surface area contributed by atoms with Gasteiger partial charge >= 0.3 is 5.23 Å². The Bertz CT molecular complexity index is 857. The van der Waals surface area contributed by atoms with Gasteiger partial charge in [-0.15, -0.1) is 4.99 Å². The summed E-state index contributed by atoms with van der Waals surface area (Å²) in [7, 11) is 2.15. The van der Waals surface area contributed by atoms with Crippen LogP contribution in [-0.2, 0) is 19.0 Å². The number of hydrogen-bond donors (Lipinski definition) is 1. The van der Waals surface area contributed by atoms with Gasteiger partial charge in [0.05, 0.1) is 12.6 Å². The fourth-order valence-corrected chi connectivity index (χ4v) is 3.01. The second kappa shape index (κ2) is 9.89. The molecule has 0 saturated carbocycles. The highest BCUT2D eigenvalue weighted by Crippen LogP contribution is 2.24. The first-order valence-corrected chi connectivity index (χ1v) is 10.1. The summed E-state index contributed by atoms with van der Waals surface area (Å²) in [5.74, 6) is 0.914. The second-order valence-electron chi connectivity index (χ2n) is 7.60. The highest BCUT2D eigenvalue weighted by atomic mass is 32.1. The van der Waals surface area contributed by atoms with Crippen molar-refractivity contribution >= 4 is 23.7 Å². The van der Waals surface area contributed by atoms with Gasteiger partial charge in [-0.05, 0) is 70.8 Å². The number of rotatable bonds is 6. The minimum absolute atomic E-state index is 0.160. The van der Waals surface area contributed by atoms with E-state index in [1.807, 2.05) is 44.2 Å². The average Bonchev–Trinajstić information content (AvgIpc) is 2.63. The van der Waals surface area contributed by atoms with Crippen LogP contribution in [0.25, 0.3) is 0 Å². The zero-order valence-electron chi connectivity index (χ0n) is 17.8. The van der Waals surface area contributed by atoms with Gasteiger partial charge < -0.3 is 9.64 Å².